The molecule has 0 bridgehead atoms. The molecule has 4 N–H and O–H groups in total. The van der Waals surface area contributed by atoms with Gasteiger partial charge in [0.2, 0.25) is 5.95 Å². The number of nitrogen functional groups attached to an aromatic ring is 1. The molecule has 5 rings (SSSR count). The first-order chi connectivity index (χ1) is 16.9. The average Bonchev–Trinajstić information content (AvgIpc) is 2.85. The summed E-state index contributed by atoms with van der Waals surface area (Å²) >= 11 is 0. The highest BCUT2D eigenvalue weighted by Crippen LogP contribution is 2.31. The molecule has 0 saturated heterocycles. The van der Waals surface area contributed by atoms with Crippen LogP contribution in [0.3, 0.4) is 0 Å². The second-order valence-corrected chi connectivity index (χ2v) is 10.8. The van der Waals surface area contributed by atoms with E-state index in [9.17, 15) is 8.42 Å². The minimum absolute atomic E-state index is 0.235. The van der Waals surface area contributed by atoms with E-state index in [0.29, 0.717) is 11.7 Å². The van der Waals surface area contributed by atoms with Gasteiger partial charge in [0.25, 0.3) is 10.0 Å². The number of nitrogens with zero attached hydrogens (tertiary/aromatic N) is 2. The lowest BCUT2D eigenvalue weighted by Gasteiger charge is -2.24. The number of sulfonamides is 1. The normalized spacial score (nSPS) is 14.7. The largest absolute Gasteiger partial charge is 0.368 e. The van der Waals surface area contributed by atoms with Gasteiger partial charge in [-0.3, -0.25) is 4.72 Å². The van der Waals surface area contributed by atoms with Gasteiger partial charge in [-0.1, -0.05) is 55.2 Å². The van der Waals surface area contributed by atoms with Crippen molar-refractivity contribution >= 4 is 38.4 Å². The summed E-state index contributed by atoms with van der Waals surface area (Å²) < 4.78 is 28.1. The van der Waals surface area contributed by atoms with E-state index < -0.39 is 10.0 Å². The van der Waals surface area contributed by atoms with Crippen LogP contribution in [0.15, 0.2) is 71.6 Å². The smallest absolute Gasteiger partial charge is 0.261 e. The van der Waals surface area contributed by atoms with E-state index in [2.05, 4.69) is 26.1 Å². The number of benzene rings is 3. The number of aryl methyl sites for hydroxylation is 1. The Balaban J connectivity index is 1.40. The third-order valence-electron chi connectivity index (χ3n) is 6.46. The van der Waals surface area contributed by atoms with Gasteiger partial charge in [-0.2, -0.15) is 4.98 Å². The Bertz CT molecular complexity index is 1450. The molecule has 1 saturated carbocycles. The maximum absolute atomic E-state index is 12.7. The molecule has 0 amide bonds. The molecule has 1 aliphatic rings. The van der Waals surface area contributed by atoms with Crippen molar-refractivity contribution in [1.82, 2.24) is 9.97 Å². The molecule has 0 unspecified atom stereocenters. The standard InChI is InChI=1S/C27H29N5O2S/c1-18-7-14-23(15-8-18)35(33,34)32-22-12-9-19(10-13-22)20-11-16-25-24(17-20)26(31-27(28)30-25)29-21-5-3-2-4-6-21/h7-17,21,32H,2-6H2,1H3,(H3,28,29,30,31). The number of hydrogen-bond acceptors (Lipinski definition) is 6. The van der Waals surface area contributed by atoms with Crippen molar-refractivity contribution in [2.24, 2.45) is 0 Å². The Morgan fingerprint density at radius 1 is 0.857 bits per heavy atom. The summed E-state index contributed by atoms with van der Waals surface area (Å²) in [6, 6.07) is 20.5. The second kappa shape index (κ2) is 9.54. The molecule has 1 aromatic heterocycles. The first kappa shape index (κ1) is 23.1. The highest BCUT2D eigenvalue weighted by atomic mass is 32.2. The van der Waals surface area contributed by atoms with Crippen molar-refractivity contribution in [1.29, 1.82) is 0 Å². The van der Waals surface area contributed by atoms with Gasteiger partial charge in [-0.05, 0) is 67.3 Å². The summed E-state index contributed by atoms with van der Waals surface area (Å²) in [5.74, 6) is 1.03. The molecule has 1 heterocycles. The van der Waals surface area contributed by atoms with Crippen molar-refractivity contribution in [3.8, 4) is 11.1 Å². The first-order valence-corrected chi connectivity index (χ1v) is 13.4. The fraction of sp³-hybridized carbons (Fsp3) is 0.259. The molecule has 1 aliphatic carbocycles. The lowest BCUT2D eigenvalue weighted by molar-refractivity contribution is 0.462. The number of fused-ring (bicyclic) bond motifs is 1. The lowest BCUT2D eigenvalue weighted by Crippen LogP contribution is -2.23. The molecule has 3 aromatic carbocycles. The zero-order valence-corrected chi connectivity index (χ0v) is 20.5. The topological polar surface area (TPSA) is 110 Å². The summed E-state index contributed by atoms with van der Waals surface area (Å²) in [7, 11) is -3.65. The van der Waals surface area contributed by atoms with Crippen LogP contribution in [-0.2, 0) is 10.0 Å². The molecule has 4 aromatic rings. The Labute approximate surface area is 205 Å². The molecular formula is C27H29N5O2S. The zero-order valence-electron chi connectivity index (χ0n) is 19.7. The second-order valence-electron chi connectivity index (χ2n) is 9.14. The van der Waals surface area contributed by atoms with Gasteiger partial charge in [-0.15, -0.1) is 0 Å². The lowest BCUT2D eigenvalue weighted by atomic mass is 9.95. The summed E-state index contributed by atoms with van der Waals surface area (Å²) in [5.41, 5.74) is 10.2. The highest BCUT2D eigenvalue weighted by Gasteiger charge is 2.17. The number of nitrogens with two attached hydrogens (primary N) is 1. The van der Waals surface area contributed by atoms with Crippen LogP contribution in [0.2, 0.25) is 0 Å². The van der Waals surface area contributed by atoms with Gasteiger partial charge in [0.05, 0.1) is 10.4 Å². The average molecular weight is 488 g/mol. The predicted octanol–water partition coefficient (Wildman–Crippen LogP) is 5.73. The van der Waals surface area contributed by atoms with Crippen molar-refractivity contribution in [3.63, 3.8) is 0 Å². The predicted molar refractivity (Wildman–Crippen MR) is 142 cm³/mol. The van der Waals surface area contributed by atoms with E-state index in [1.54, 1.807) is 36.4 Å². The molecule has 0 spiro atoms. The minimum atomic E-state index is -3.65. The Morgan fingerprint density at radius 2 is 1.54 bits per heavy atom. The van der Waals surface area contributed by atoms with Gasteiger partial charge in [0, 0.05) is 17.1 Å². The number of anilines is 3. The maximum Gasteiger partial charge on any atom is 0.261 e. The number of rotatable bonds is 6. The zero-order chi connectivity index (χ0) is 24.4. The van der Waals surface area contributed by atoms with Crippen LogP contribution in [0.4, 0.5) is 17.5 Å². The van der Waals surface area contributed by atoms with Crippen LogP contribution in [0.25, 0.3) is 22.0 Å². The van der Waals surface area contributed by atoms with E-state index >= 15 is 0 Å². The van der Waals surface area contributed by atoms with Crippen molar-refractivity contribution in [2.75, 3.05) is 15.8 Å². The summed E-state index contributed by atoms with van der Waals surface area (Å²) in [5, 5.41) is 4.51. The van der Waals surface area contributed by atoms with E-state index in [-0.39, 0.29) is 10.8 Å². The summed E-state index contributed by atoms with van der Waals surface area (Å²) in [4.78, 5) is 9.14. The van der Waals surface area contributed by atoms with E-state index in [1.165, 1.54) is 19.3 Å². The van der Waals surface area contributed by atoms with E-state index in [0.717, 1.165) is 46.3 Å². The van der Waals surface area contributed by atoms with E-state index in [1.807, 2.05) is 31.2 Å². The van der Waals surface area contributed by atoms with Crippen molar-refractivity contribution in [2.45, 2.75) is 50.0 Å². The van der Waals surface area contributed by atoms with Crippen LogP contribution in [0.1, 0.15) is 37.7 Å². The third-order valence-corrected chi connectivity index (χ3v) is 7.86. The van der Waals surface area contributed by atoms with Crippen molar-refractivity contribution in [3.05, 3.63) is 72.3 Å². The minimum Gasteiger partial charge on any atom is -0.368 e. The quantitative estimate of drug-likeness (QED) is 0.320. The molecule has 180 valence electrons. The SMILES string of the molecule is Cc1ccc(S(=O)(=O)Nc2ccc(-c3ccc4nc(N)nc(NC5CCCCC5)c4c3)cc2)cc1. The van der Waals surface area contributed by atoms with Gasteiger partial charge < -0.3 is 11.1 Å². The molecule has 7 nitrogen and oxygen atoms in total. The van der Waals surface area contributed by atoms with Crippen LogP contribution in [-0.4, -0.2) is 24.4 Å². The van der Waals surface area contributed by atoms with Gasteiger partial charge >= 0.3 is 0 Å². The molecule has 8 heteroatoms. The van der Waals surface area contributed by atoms with Crippen LogP contribution < -0.4 is 15.8 Å². The number of aromatic nitrogens is 2. The fourth-order valence-corrected chi connectivity index (χ4v) is 5.60. The van der Waals surface area contributed by atoms with Gasteiger partial charge in [0.1, 0.15) is 5.82 Å². The van der Waals surface area contributed by atoms with Crippen molar-refractivity contribution < 1.29 is 8.42 Å². The van der Waals surface area contributed by atoms with Gasteiger partial charge in [-0.25, -0.2) is 13.4 Å². The molecule has 1 fully saturated rings. The van der Waals surface area contributed by atoms with Crippen LogP contribution in [0.5, 0.6) is 0 Å². The molecule has 35 heavy (non-hydrogen) atoms. The Morgan fingerprint density at radius 3 is 2.26 bits per heavy atom. The molecule has 0 atom stereocenters. The van der Waals surface area contributed by atoms with E-state index in [4.69, 9.17) is 5.73 Å². The highest BCUT2D eigenvalue weighted by molar-refractivity contribution is 7.92. The fourth-order valence-electron chi connectivity index (χ4n) is 4.54. The van der Waals surface area contributed by atoms with Gasteiger partial charge in [0.15, 0.2) is 0 Å². The Kier molecular flexibility index (Phi) is 6.30. The summed E-state index contributed by atoms with van der Waals surface area (Å²) in [6.45, 7) is 1.92. The third kappa shape index (κ3) is 5.22. The molecule has 0 aliphatic heterocycles. The number of hydrogen-bond donors (Lipinski definition) is 3. The molecular weight excluding hydrogens is 458 g/mol. The van der Waals surface area contributed by atoms with Crippen LogP contribution >= 0.6 is 0 Å². The van der Waals surface area contributed by atoms with Crippen LogP contribution in [0, 0.1) is 6.92 Å². The Hall–Kier alpha value is -3.65. The summed E-state index contributed by atoms with van der Waals surface area (Å²) in [6.07, 6.45) is 5.99. The molecule has 0 radical (unpaired) electrons. The number of nitrogens with one attached hydrogen (secondary N) is 2. The monoisotopic (exact) mass is 487 g/mol. The maximum atomic E-state index is 12.7. The first-order valence-electron chi connectivity index (χ1n) is 11.9.